The maximum Gasteiger partial charge on any atom is 0.264 e. The summed E-state index contributed by atoms with van der Waals surface area (Å²) in [6.07, 6.45) is 3.76. The molecule has 4 heterocycles. The number of benzene rings is 1. The van der Waals surface area contributed by atoms with E-state index in [-0.39, 0.29) is 24.3 Å². The van der Waals surface area contributed by atoms with Crippen molar-refractivity contribution in [3.63, 3.8) is 0 Å². The Labute approximate surface area is 179 Å². The first-order valence-corrected chi connectivity index (χ1v) is 10.5. The molecule has 0 saturated carbocycles. The fraction of sp³-hybridized carbons (Fsp3) is 0.348. The van der Waals surface area contributed by atoms with Gasteiger partial charge < -0.3 is 23.9 Å². The van der Waals surface area contributed by atoms with Gasteiger partial charge in [0.25, 0.3) is 5.91 Å². The van der Waals surface area contributed by atoms with Gasteiger partial charge >= 0.3 is 0 Å². The van der Waals surface area contributed by atoms with Gasteiger partial charge in [-0.15, -0.1) is 0 Å². The van der Waals surface area contributed by atoms with Crippen LogP contribution in [0.5, 0.6) is 5.75 Å². The molecule has 2 amide bonds. The van der Waals surface area contributed by atoms with Crippen molar-refractivity contribution >= 4 is 11.8 Å². The third-order valence-corrected chi connectivity index (χ3v) is 5.87. The summed E-state index contributed by atoms with van der Waals surface area (Å²) in [6.45, 7) is 3.55. The molecule has 0 spiro atoms. The molecule has 2 aliphatic rings. The minimum Gasteiger partial charge on any atom is -0.480 e. The Hall–Kier alpha value is -3.55. The predicted octanol–water partition coefficient (Wildman–Crippen LogP) is 2.24. The summed E-state index contributed by atoms with van der Waals surface area (Å²) in [5, 5.41) is 2.83. The molecule has 160 valence electrons. The molecule has 3 aromatic rings. The maximum atomic E-state index is 13.2. The van der Waals surface area contributed by atoms with Crippen molar-refractivity contribution in [2.75, 3.05) is 6.54 Å². The lowest BCUT2D eigenvalue weighted by Crippen LogP contribution is -2.47. The molecule has 5 rings (SSSR count). The van der Waals surface area contributed by atoms with Gasteiger partial charge in [-0.2, -0.15) is 0 Å². The number of imidazole rings is 1. The molecule has 0 aliphatic carbocycles. The van der Waals surface area contributed by atoms with Crippen molar-refractivity contribution in [3.05, 3.63) is 71.7 Å². The van der Waals surface area contributed by atoms with E-state index in [0.29, 0.717) is 37.5 Å². The van der Waals surface area contributed by atoms with Crippen molar-refractivity contribution in [1.29, 1.82) is 0 Å². The Bertz CT molecular complexity index is 1080. The highest BCUT2D eigenvalue weighted by molar-refractivity contribution is 5.83. The van der Waals surface area contributed by atoms with Crippen LogP contribution in [-0.2, 0) is 35.5 Å². The molecule has 8 nitrogen and oxygen atoms in total. The van der Waals surface area contributed by atoms with Crippen LogP contribution in [0.25, 0.3) is 0 Å². The second-order valence-corrected chi connectivity index (χ2v) is 7.94. The molecule has 2 aromatic heterocycles. The molecule has 1 aromatic carbocycles. The molecule has 0 fully saturated rings. The first-order chi connectivity index (χ1) is 15.1. The molecule has 1 N–H and O–H groups in total. The first-order valence-electron chi connectivity index (χ1n) is 10.5. The largest absolute Gasteiger partial charge is 0.480 e. The van der Waals surface area contributed by atoms with Crippen LogP contribution in [0.4, 0.5) is 0 Å². The van der Waals surface area contributed by atoms with Crippen LogP contribution < -0.4 is 10.1 Å². The minimum atomic E-state index is -0.492. The molecule has 0 unspecified atom stereocenters. The zero-order valence-corrected chi connectivity index (χ0v) is 17.3. The van der Waals surface area contributed by atoms with Crippen LogP contribution in [0, 0.1) is 0 Å². The van der Waals surface area contributed by atoms with E-state index in [2.05, 4.69) is 10.3 Å². The molecular weight excluding hydrogens is 396 g/mol. The smallest absolute Gasteiger partial charge is 0.264 e. The van der Waals surface area contributed by atoms with E-state index in [0.717, 1.165) is 17.1 Å². The second-order valence-electron chi connectivity index (χ2n) is 7.94. The Kier molecular flexibility index (Phi) is 4.97. The molecule has 0 bridgehead atoms. The summed E-state index contributed by atoms with van der Waals surface area (Å²) < 4.78 is 13.2. The van der Waals surface area contributed by atoms with Gasteiger partial charge in [-0.3, -0.25) is 9.59 Å². The number of hydrogen-bond donors (Lipinski definition) is 1. The molecule has 2 aliphatic heterocycles. The summed E-state index contributed by atoms with van der Waals surface area (Å²) in [6, 6.07) is 11.2. The lowest BCUT2D eigenvalue weighted by Gasteiger charge is -2.35. The average Bonchev–Trinajstić information content (AvgIpc) is 3.51. The van der Waals surface area contributed by atoms with E-state index in [1.54, 1.807) is 12.3 Å². The van der Waals surface area contributed by atoms with Gasteiger partial charge in [0.15, 0.2) is 6.10 Å². The second kappa shape index (κ2) is 7.94. The Morgan fingerprint density at radius 1 is 1.19 bits per heavy atom. The van der Waals surface area contributed by atoms with E-state index in [9.17, 15) is 9.59 Å². The average molecular weight is 420 g/mol. The van der Waals surface area contributed by atoms with Gasteiger partial charge in [0.05, 0.1) is 31.0 Å². The zero-order valence-electron chi connectivity index (χ0n) is 17.3. The highest BCUT2D eigenvalue weighted by atomic mass is 16.5. The third kappa shape index (κ3) is 3.81. The van der Waals surface area contributed by atoms with Crippen molar-refractivity contribution in [1.82, 2.24) is 19.8 Å². The number of aromatic nitrogens is 2. The van der Waals surface area contributed by atoms with E-state index >= 15 is 0 Å². The number of furan rings is 1. The van der Waals surface area contributed by atoms with Crippen LogP contribution in [-0.4, -0.2) is 38.9 Å². The fourth-order valence-corrected chi connectivity index (χ4v) is 4.26. The summed E-state index contributed by atoms with van der Waals surface area (Å²) >= 11 is 0. The zero-order chi connectivity index (χ0) is 21.4. The highest BCUT2D eigenvalue weighted by Crippen LogP contribution is 2.32. The lowest BCUT2D eigenvalue weighted by atomic mass is 10.1. The fourth-order valence-electron chi connectivity index (χ4n) is 4.26. The van der Waals surface area contributed by atoms with Gasteiger partial charge in [-0.1, -0.05) is 18.2 Å². The Balaban J connectivity index is 1.23. The Morgan fingerprint density at radius 3 is 2.87 bits per heavy atom. The molecular formula is C23H24N4O4. The van der Waals surface area contributed by atoms with Crippen LogP contribution >= 0.6 is 0 Å². The summed E-state index contributed by atoms with van der Waals surface area (Å²) in [4.78, 5) is 31.9. The number of fused-ring (bicyclic) bond motifs is 2. The van der Waals surface area contributed by atoms with Crippen LogP contribution in [0.3, 0.4) is 0 Å². The highest BCUT2D eigenvalue weighted by Gasteiger charge is 2.37. The van der Waals surface area contributed by atoms with Gasteiger partial charge in [-0.05, 0) is 30.7 Å². The van der Waals surface area contributed by atoms with Crippen LogP contribution in [0.2, 0.25) is 0 Å². The SMILES string of the molecule is C[C@H]1c2nc(CC(=O)NCc3ccco3)cn2CCN1C(=O)[C@H]1Cc2ccccc2O1. The molecule has 0 radical (unpaired) electrons. The van der Waals surface area contributed by atoms with Crippen molar-refractivity contribution in [2.24, 2.45) is 0 Å². The molecule has 0 saturated heterocycles. The molecule has 31 heavy (non-hydrogen) atoms. The van der Waals surface area contributed by atoms with E-state index in [1.807, 2.05) is 52.9 Å². The van der Waals surface area contributed by atoms with Crippen molar-refractivity contribution < 1.29 is 18.7 Å². The monoisotopic (exact) mass is 420 g/mol. The number of nitrogens with one attached hydrogen (secondary N) is 1. The van der Waals surface area contributed by atoms with Crippen LogP contribution in [0.15, 0.2) is 53.3 Å². The molecule has 2 atom stereocenters. The third-order valence-electron chi connectivity index (χ3n) is 5.87. The molecule has 8 heteroatoms. The van der Waals surface area contributed by atoms with Gasteiger partial charge in [0.1, 0.15) is 17.3 Å². The maximum absolute atomic E-state index is 13.2. The van der Waals surface area contributed by atoms with Gasteiger partial charge in [0.2, 0.25) is 5.91 Å². The van der Waals surface area contributed by atoms with Gasteiger partial charge in [-0.25, -0.2) is 4.98 Å². The van der Waals surface area contributed by atoms with E-state index in [4.69, 9.17) is 9.15 Å². The quantitative estimate of drug-likeness (QED) is 0.684. The Morgan fingerprint density at radius 2 is 2.06 bits per heavy atom. The standard InChI is InChI=1S/C23H24N4O4/c1-15-22-25-17(12-21(28)24-13-18-6-4-10-30-18)14-26(22)8-9-27(15)23(29)20-11-16-5-2-3-7-19(16)31-20/h2-7,10,14-15,20H,8-9,11-13H2,1H3,(H,24,28)/t15-,20+/m0/s1. The van der Waals surface area contributed by atoms with Crippen molar-refractivity contribution in [3.8, 4) is 5.75 Å². The number of para-hydroxylation sites is 1. The lowest BCUT2D eigenvalue weighted by molar-refractivity contribution is -0.141. The number of nitrogens with zero attached hydrogens (tertiary/aromatic N) is 3. The number of hydrogen-bond acceptors (Lipinski definition) is 5. The number of ether oxygens (including phenoxy) is 1. The first kappa shape index (κ1) is 19.4. The minimum absolute atomic E-state index is 0.0179. The summed E-state index contributed by atoms with van der Waals surface area (Å²) in [5.41, 5.74) is 1.76. The van der Waals surface area contributed by atoms with Crippen molar-refractivity contribution in [2.45, 2.75) is 45.0 Å². The van der Waals surface area contributed by atoms with E-state index < -0.39 is 6.10 Å². The summed E-state index contributed by atoms with van der Waals surface area (Å²) in [7, 11) is 0. The number of carbonyl (C=O) groups is 2. The summed E-state index contributed by atoms with van der Waals surface area (Å²) in [5.74, 6) is 2.15. The van der Waals surface area contributed by atoms with Crippen LogP contribution in [0.1, 0.15) is 35.8 Å². The number of amides is 2. The number of carbonyl (C=O) groups excluding carboxylic acids is 2. The van der Waals surface area contributed by atoms with E-state index in [1.165, 1.54) is 0 Å². The normalized spacial score (nSPS) is 19.5. The van der Waals surface area contributed by atoms with Gasteiger partial charge in [0, 0.05) is 25.7 Å². The topological polar surface area (TPSA) is 89.6 Å². The number of rotatable bonds is 5. The predicted molar refractivity (Wildman–Crippen MR) is 111 cm³/mol.